The van der Waals surface area contributed by atoms with E-state index in [4.69, 9.17) is 17.3 Å². The molecule has 0 spiro atoms. The van der Waals surface area contributed by atoms with Gasteiger partial charge in [-0.3, -0.25) is 0 Å². The first kappa shape index (κ1) is 13.1. The molecule has 0 saturated carbocycles. The summed E-state index contributed by atoms with van der Waals surface area (Å²) in [7, 11) is 0. The van der Waals surface area contributed by atoms with Crippen LogP contribution >= 0.6 is 11.6 Å². The maximum atomic E-state index is 6.28. The first-order valence-corrected chi connectivity index (χ1v) is 6.40. The van der Waals surface area contributed by atoms with Gasteiger partial charge in [0, 0.05) is 16.8 Å². The third-order valence-electron chi connectivity index (χ3n) is 3.31. The SMILES string of the molecule is Cc1ncn(C(c2ccccc2Cl)C(C)N)c1C. The summed E-state index contributed by atoms with van der Waals surface area (Å²) in [5, 5.41) is 0.741. The van der Waals surface area contributed by atoms with Gasteiger partial charge in [-0.25, -0.2) is 4.98 Å². The average Bonchev–Trinajstić information content (AvgIpc) is 2.64. The molecule has 96 valence electrons. The van der Waals surface area contributed by atoms with Crippen LogP contribution in [0.3, 0.4) is 0 Å². The molecule has 0 radical (unpaired) electrons. The fourth-order valence-electron chi connectivity index (χ4n) is 2.20. The van der Waals surface area contributed by atoms with Crippen LogP contribution in [0.15, 0.2) is 30.6 Å². The monoisotopic (exact) mass is 263 g/mol. The molecule has 2 unspecified atom stereocenters. The molecule has 0 amide bonds. The molecule has 0 aliphatic carbocycles. The number of hydrogen-bond donors (Lipinski definition) is 1. The van der Waals surface area contributed by atoms with E-state index in [1.807, 2.05) is 44.4 Å². The number of aryl methyl sites for hydroxylation is 1. The summed E-state index contributed by atoms with van der Waals surface area (Å²) in [5.74, 6) is 0. The van der Waals surface area contributed by atoms with E-state index in [1.54, 1.807) is 0 Å². The van der Waals surface area contributed by atoms with Crippen molar-refractivity contribution >= 4 is 11.6 Å². The van der Waals surface area contributed by atoms with Crippen LogP contribution in [-0.4, -0.2) is 15.6 Å². The lowest BCUT2D eigenvalue weighted by atomic mass is 10.0. The Kier molecular flexibility index (Phi) is 3.73. The van der Waals surface area contributed by atoms with Crippen LogP contribution in [-0.2, 0) is 0 Å². The van der Waals surface area contributed by atoms with E-state index in [0.717, 1.165) is 22.0 Å². The van der Waals surface area contributed by atoms with Crippen molar-refractivity contribution < 1.29 is 0 Å². The number of hydrogen-bond acceptors (Lipinski definition) is 2. The number of imidazole rings is 1. The van der Waals surface area contributed by atoms with E-state index in [1.165, 1.54) is 0 Å². The standard InChI is InChI=1S/C14H18ClN3/c1-9(16)14(12-6-4-5-7-13(12)15)18-8-17-10(2)11(18)3/h4-9,14H,16H2,1-3H3. The highest BCUT2D eigenvalue weighted by Crippen LogP contribution is 2.29. The first-order valence-electron chi connectivity index (χ1n) is 6.02. The predicted molar refractivity (Wildman–Crippen MR) is 74.9 cm³/mol. The quantitative estimate of drug-likeness (QED) is 0.925. The molecule has 2 atom stereocenters. The molecule has 3 nitrogen and oxygen atoms in total. The molecular formula is C14H18ClN3. The lowest BCUT2D eigenvalue weighted by Crippen LogP contribution is -2.30. The van der Waals surface area contributed by atoms with Gasteiger partial charge in [-0.1, -0.05) is 29.8 Å². The first-order chi connectivity index (χ1) is 8.52. The zero-order valence-electron chi connectivity index (χ0n) is 10.9. The van der Waals surface area contributed by atoms with E-state index in [2.05, 4.69) is 16.5 Å². The second-order valence-electron chi connectivity index (χ2n) is 4.65. The fourth-order valence-corrected chi connectivity index (χ4v) is 2.44. The molecule has 0 saturated heterocycles. The van der Waals surface area contributed by atoms with Crippen molar-refractivity contribution in [2.75, 3.05) is 0 Å². The summed E-state index contributed by atoms with van der Waals surface area (Å²) in [6.07, 6.45) is 1.84. The van der Waals surface area contributed by atoms with Gasteiger partial charge < -0.3 is 10.3 Å². The molecule has 0 aliphatic heterocycles. The molecule has 0 aliphatic rings. The maximum absolute atomic E-state index is 6.28. The summed E-state index contributed by atoms with van der Waals surface area (Å²) in [5.41, 5.74) is 9.32. The number of benzene rings is 1. The molecule has 2 aromatic rings. The van der Waals surface area contributed by atoms with Crippen molar-refractivity contribution in [2.45, 2.75) is 32.9 Å². The molecule has 2 rings (SSSR count). The summed E-state index contributed by atoms with van der Waals surface area (Å²) in [6, 6.07) is 7.79. The summed E-state index contributed by atoms with van der Waals surface area (Å²) in [6.45, 7) is 6.04. The highest BCUT2D eigenvalue weighted by atomic mass is 35.5. The van der Waals surface area contributed by atoms with Gasteiger partial charge in [-0.15, -0.1) is 0 Å². The summed E-state index contributed by atoms with van der Waals surface area (Å²) >= 11 is 6.28. The van der Waals surface area contributed by atoms with Crippen LogP contribution in [0.2, 0.25) is 5.02 Å². The Morgan fingerprint density at radius 1 is 1.28 bits per heavy atom. The third-order valence-corrected chi connectivity index (χ3v) is 3.65. The molecule has 0 fully saturated rings. The largest absolute Gasteiger partial charge is 0.326 e. The minimum Gasteiger partial charge on any atom is -0.326 e. The van der Waals surface area contributed by atoms with Crippen LogP contribution in [0.5, 0.6) is 0 Å². The van der Waals surface area contributed by atoms with E-state index in [0.29, 0.717) is 0 Å². The molecule has 1 aromatic carbocycles. The van der Waals surface area contributed by atoms with Gasteiger partial charge in [0.05, 0.1) is 18.1 Å². The second kappa shape index (κ2) is 5.12. The lowest BCUT2D eigenvalue weighted by Gasteiger charge is -2.25. The van der Waals surface area contributed by atoms with Gasteiger partial charge >= 0.3 is 0 Å². The van der Waals surface area contributed by atoms with Gasteiger partial charge in [-0.05, 0) is 32.4 Å². The zero-order valence-corrected chi connectivity index (χ0v) is 11.6. The van der Waals surface area contributed by atoms with Gasteiger partial charge in [0.1, 0.15) is 0 Å². The van der Waals surface area contributed by atoms with Gasteiger partial charge in [0.15, 0.2) is 0 Å². The van der Waals surface area contributed by atoms with E-state index in [9.17, 15) is 0 Å². The van der Waals surface area contributed by atoms with Crippen molar-refractivity contribution in [1.82, 2.24) is 9.55 Å². The molecule has 18 heavy (non-hydrogen) atoms. The minimum atomic E-state index is -0.0443. The third kappa shape index (κ3) is 2.28. The topological polar surface area (TPSA) is 43.8 Å². The molecule has 1 aromatic heterocycles. The lowest BCUT2D eigenvalue weighted by molar-refractivity contribution is 0.488. The molecule has 4 heteroatoms. The van der Waals surface area contributed by atoms with Crippen molar-refractivity contribution in [3.05, 3.63) is 52.6 Å². The Balaban J connectivity index is 2.54. The van der Waals surface area contributed by atoms with E-state index < -0.39 is 0 Å². The van der Waals surface area contributed by atoms with Gasteiger partial charge in [-0.2, -0.15) is 0 Å². The van der Waals surface area contributed by atoms with Crippen LogP contribution < -0.4 is 5.73 Å². The Bertz CT molecular complexity index is 546. The second-order valence-corrected chi connectivity index (χ2v) is 5.06. The number of halogens is 1. The van der Waals surface area contributed by atoms with E-state index in [-0.39, 0.29) is 12.1 Å². The maximum Gasteiger partial charge on any atom is 0.0957 e. The van der Waals surface area contributed by atoms with Crippen molar-refractivity contribution in [1.29, 1.82) is 0 Å². The molecular weight excluding hydrogens is 246 g/mol. The normalized spacial score (nSPS) is 14.5. The fraction of sp³-hybridized carbons (Fsp3) is 0.357. The van der Waals surface area contributed by atoms with Crippen LogP contribution in [0.4, 0.5) is 0 Å². The van der Waals surface area contributed by atoms with Crippen LogP contribution in [0.25, 0.3) is 0 Å². The highest BCUT2D eigenvalue weighted by Gasteiger charge is 2.22. The van der Waals surface area contributed by atoms with Crippen LogP contribution in [0.1, 0.15) is 29.9 Å². The van der Waals surface area contributed by atoms with Crippen LogP contribution in [0, 0.1) is 13.8 Å². The summed E-state index contributed by atoms with van der Waals surface area (Å²) in [4.78, 5) is 4.34. The number of aromatic nitrogens is 2. The minimum absolute atomic E-state index is 0.0138. The zero-order chi connectivity index (χ0) is 13.3. The Hall–Kier alpha value is -1.32. The van der Waals surface area contributed by atoms with E-state index >= 15 is 0 Å². The highest BCUT2D eigenvalue weighted by molar-refractivity contribution is 6.31. The molecule has 1 heterocycles. The average molecular weight is 264 g/mol. The number of nitrogens with zero attached hydrogens (tertiary/aromatic N) is 2. The number of nitrogens with two attached hydrogens (primary N) is 1. The van der Waals surface area contributed by atoms with Gasteiger partial charge in [0.25, 0.3) is 0 Å². The van der Waals surface area contributed by atoms with Crippen molar-refractivity contribution in [3.63, 3.8) is 0 Å². The predicted octanol–water partition coefficient (Wildman–Crippen LogP) is 3.09. The van der Waals surface area contributed by atoms with Crippen molar-refractivity contribution in [3.8, 4) is 0 Å². The molecule has 0 bridgehead atoms. The Morgan fingerprint density at radius 3 is 2.44 bits per heavy atom. The van der Waals surface area contributed by atoms with Crippen molar-refractivity contribution in [2.24, 2.45) is 5.73 Å². The number of rotatable bonds is 3. The summed E-state index contributed by atoms with van der Waals surface area (Å²) < 4.78 is 2.10. The Labute approximate surface area is 113 Å². The smallest absolute Gasteiger partial charge is 0.0957 e. The molecule has 2 N–H and O–H groups in total. The Morgan fingerprint density at radius 2 is 1.94 bits per heavy atom. The van der Waals surface area contributed by atoms with Gasteiger partial charge in [0.2, 0.25) is 0 Å².